The maximum absolute atomic E-state index is 11.9. The first-order chi connectivity index (χ1) is 14.1. The van der Waals surface area contributed by atoms with Crippen molar-refractivity contribution in [1.82, 2.24) is 20.1 Å². The molecule has 0 bridgehead atoms. The van der Waals surface area contributed by atoms with E-state index in [2.05, 4.69) is 49.2 Å². The van der Waals surface area contributed by atoms with Gasteiger partial charge in [0.15, 0.2) is 5.96 Å². The lowest BCUT2D eigenvalue weighted by Crippen LogP contribution is -2.46. The maximum Gasteiger partial charge on any atom is 0.309 e. The Bertz CT molecular complexity index is 683. The molecule has 2 saturated heterocycles. The van der Waals surface area contributed by atoms with Crippen LogP contribution in [-0.4, -0.2) is 86.7 Å². The summed E-state index contributed by atoms with van der Waals surface area (Å²) < 4.78 is 5.15. The van der Waals surface area contributed by atoms with E-state index in [1.54, 1.807) is 7.05 Å². The monoisotopic (exact) mass is 530 g/mol. The minimum atomic E-state index is -0.0680. The number of rotatable bonds is 5. The van der Waals surface area contributed by atoms with Crippen LogP contribution in [0.5, 0.6) is 0 Å². The average molecular weight is 530 g/mol. The Hall–Kier alpha value is -1.62. The van der Waals surface area contributed by atoms with Gasteiger partial charge in [0, 0.05) is 59.1 Å². The molecule has 3 rings (SSSR count). The first-order valence-electron chi connectivity index (χ1n) is 10.6. The molecule has 2 aliphatic rings. The standard InChI is InChI=1S/C21H34N6O2.HI/c1-4-29-20(28)18-7-9-27(10-8-18)21(22-2)24-16-17-5-6-19(23-15-17)26-13-11-25(3)12-14-26;/h5-6,15,18H,4,7-14,16H2,1-3H3,(H,22,24);1H. The van der Waals surface area contributed by atoms with Crippen molar-refractivity contribution in [2.24, 2.45) is 10.9 Å². The third-order valence-corrected chi connectivity index (χ3v) is 5.71. The fourth-order valence-electron chi connectivity index (χ4n) is 3.84. The summed E-state index contributed by atoms with van der Waals surface area (Å²) in [5, 5.41) is 3.43. The molecule has 3 heterocycles. The zero-order valence-electron chi connectivity index (χ0n) is 18.3. The number of likely N-dealkylation sites (N-methyl/N-ethyl adjacent to an activating group) is 1. The van der Waals surface area contributed by atoms with Crippen LogP contribution in [0.25, 0.3) is 0 Å². The fourth-order valence-corrected chi connectivity index (χ4v) is 3.84. The van der Waals surface area contributed by atoms with E-state index < -0.39 is 0 Å². The number of hydrogen-bond donors (Lipinski definition) is 1. The normalized spacial score (nSPS) is 18.7. The number of piperazine rings is 1. The van der Waals surface area contributed by atoms with E-state index in [-0.39, 0.29) is 35.9 Å². The lowest BCUT2D eigenvalue weighted by atomic mass is 9.97. The molecule has 0 radical (unpaired) electrons. The largest absolute Gasteiger partial charge is 0.466 e. The van der Waals surface area contributed by atoms with Crippen LogP contribution in [0.3, 0.4) is 0 Å². The number of likely N-dealkylation sites (tertiary alicyclic amines) is 1. The van der Waals surface area contributed by atoms with Crippen molar-refractivity contribution in [1.29, 1.82) is 0 Å². The van der Waals surface area contributed by atoms with Crippen molar-refractivity contribution in [3.63, 3.8) is 0 Å². The summed E-state index contributed by atoms with van der Waals surface area (Å²) in [5.41, 5.74) is 1.13. The molecule has 1 N–H and O–H groups in total. The van der Waals surface area contributed by atoms with Gasteiger partial charge in [-0.05, 0) is 38.4 Å². The van der Waals surface area contributed by atoms with Gasteiger partial charge < -0.3 is 24.8 Å². The summed E-state index contributed by atoms with van der Waals surface area (Å²) in [5.74, 6) is 1.86. The Morgan fingerprint density at radius 1 is 1.20 bits per heavy atom. The predicted octanol–water partition coefficient (Wildman–Crippen LogP) is 1.80. The Balaban J connectivity index is 0.00000320. The minimum Gasteiger partial charge on any atom is -0.466 e. The van der Waals surface area contributed by atoms with Gasteiger partial charge in [0.25, 0.3) is 0 Å². The molecule has 0 amide bonds. The van der Waals surface area contributed by atoms with Crippen LogP contribution in [-0.2, 0) is 16.1 Å². The molecule has 168 valence electrons. The molecule has 2 aliphatic heterocycles. The molecule has 8 nitrogen and oxygen atoms in total. The van der Waals surface area contributed by atoms with Crippen molar-refractivity contribution in [3.05, 3.63) is 23.9 Å². The lowest BCUT2D eigenvalue weighted by molar-refractivity contribution is -0.149. The molecule has 0 aromatic carbocycles. The number of esters is 1. The SMILES string of the molecule is CCOC(=O)C1CCN(C(=NC)NCc2ccc(N3CCN(C)CC3)nc2)CC1.I. The highest BCUT2D eigenvalue weighted by atomic mass is 127. The number of guanidine groups is 1. The van der Waals surface area contributed by atoms with Crippen molar-refractivity contribution < 1.29 is 9.53 Å². The van der Waals surface area contributed by atoms with Crippen molar-refractivity contribution in [3.8, 4) is 0 Å². The van der Waals surface area contributed by atoms with E-state index in [1.807, 2.05) is 13.1 Å². The van der Waals surface area contributed by atoms with E-state index in [0.29, 0.717) is 13.2 Å². The van der Waals surface area contributed by atoms with Crippen LogP contribution in [0, 0.1) is 5.92 Å². The summed E-state index contributed by atoms with van der Waals surface area (Å²) in [6, 6.07) is 4.24. The maximum atomic E-state index is 11.9. The third-order valence-electron chi connectivity index (χ3n) is 5.71. The number of pyridine rings is 1. The molecule has 0 aliphatic carbocycles. The Kier molecular flexibility index (Phi) is 10.1. The van der Waals surface area contributed by atoms with Crippen LogP contribution in [0.2, 0.25) is 0 Å². The Morgan fingerprint density at radius 3 is 2.47 bits per heavy atom. The van der Waals surface area contributed by atoms with Crippen LogP contribution in [0.15, 0.2) is 23.3 Å². The molecule has 1 aromatic rings. The van der Waals surface area contributed by atoms with E-state index in [4.69, 9.17) is 4.74 Å². The van der Waals surface area contributed by atoms with E-state index in [0.717, 1.165) is 69.5 Å². The van der Waals surface area contributed by atoms with E-state index in [1.165, 1.54) is 0 Å². The van der Waals surface area contributed by atoms with Gasteiger partial charge in [-0.2, -0.15) is 0 Å². The van der Waals surface area contributed by atoms with Crippen molar-refractivity contribution in [2.45, 2.75) is 26.3 Å². The van der Waals surface area contributed by atoms with Gasteiger partial charge in [-0.15, -0.1) is 24.0 Å². The van der Waals surface area contributed by atoms with Gasteiger partial charge in [0.2, 0.25) is 0 Å². The van der Waals surface area contributed by atoms with Crippen LogP contribution < -0.4 is 10.2 Å². The smallest absolute Gasteiger partial charge is 0.309 e. The molecule has 0 unspecified atom stereocenters. The Labute approximate surface area is 197 Å². The number of hydrogen-bond acceptors (Lipinski definition) is 6. The molecular weight excluding hydrogens is 495 g/mol. The number of anilines is 1. The quantitative estimate of drug-likeness (QED) is 0.270. The highest BCUT2D eigenvalue weighted by Crippen LogP contribution is 2.19. The van der Waals surface area contributed by atoms with Crippen LogP contribution >= 0.6 is 24.0 Å². The number of aliphatic imine (C=N–C) groups is 1. The number of carbonyl (C=O) groups is 1. The summed E-state index contributed by atoms with van der Waals surface area (Å²) in [7, 11) is 3.96. The van der Waals surface area contributed by atoms with Gasteiger partial charge in [0.05, 0.1) is 12.5 Å². The van der Waals surface area contributed by atoms with Gasteiger partial charge in [-0.3, -0.25) is 9.79 Å². The molecule has 30 heavy (non-hydrogen) atoms. The minimum absolute atomic E-state index is 0. The molecular formula is C21H35IN6O2. The average Bonchev–Trinajstić information content (AvgIpc) is 2.76. The highest BCUT2D eigenvalue weighted by molar-refractivity contribution is 14.0. The van der Waals surface area contributed by atoms with Crippen molar-refractivity contribution in [2.75, 3.05) is 64.9 Å². The molecule has 0 saturated carbocycles. The first-order valence-corrected chi connectivity index (χ1v) is 10.6. The zero-order chi connectivity index (χ0) is 20.6. The van der Waals surface area contributed by atoms with Gasteiger partial charge >= 0.3 is 5.97 Å². The first kappa shape index (κ1) is 24.6. The summed E-state index contributed by atoms with van der Waals surface area (Å²) in [6.45, 7) is 8.80. The second-order valence-electron chi connectivity index (χ2n) is 7.73. The number of aromatic nitrogens is 1. The van der Waals surface area contributed by atoms with Gasteiger partial charge in [0.1, 0.15) is 5.82 Å². The summed E-state index contributed by atoms with van der Waals surface area (Å²) >= 11 is 0. The fraction of sp³-hybridized carbons (Fsp3) is 0.667. The van der Waals surface area contributed by atoms with E-state index in [9.17, 15) is 4.79 Å². The summed E-state index contributed by atoms with van der Waals surface area (Å²) in [6.07, 6.45) is 3.56. The second-order valence-corrected chi connectivity index (χ2v) is 7.73. The number of piperidine rings is 1. The van der Waals surface area contributed by atoms with Gasteiger partial charge in [-0.1, -0.05) is 6.07 Å². The number of nitrogens with one attached hydrogen (secondary N) is 1. The number of halogens is 1. The zero-order valence-corrected chi connectivity index (χ0v) is 20.7. The predicted molar refractivity (Wildman–Crippen MR) is 130 cm³/mol. The Morgan fingerprint density at radius 2 is 1.90 bits per heavy atom. The number of ether oxygens (including phenoxy) is 1. The number of nitrogens with zero attached hydrogens (tertiary/aromatic N) is 5. The molecule has 2 fully saturated rings. The molecule has 0 atom stereocenters. The number of carbonyl (C=O) groups excluding carboxylic acids is 1. The topological polar surface area (TPSA) is 73.3 Å². The molecule has 0 spiro atoms. The highest BCUT2D eigenvalue weighted by Gasteiger charge is 2.27. The van der Waals surface area contributed by atoms with E-state index >= 15 is 0 Å². The van der Waals surface area contributed by atoms with Crippen LogP contribution in [0.4, 0.5) is 5.82 Å². The lowest BCUT2D eigenvalue weighted by Gasteiger charge is -2.33. The third kappa shape index (κ3) is 6.69. The summed E-state index contributed by atoms with van der Waals surface area (Å²) in [4.78, 5) is 27.9. The van der Waals surface area contributed by atoms with Crippen molar-refractivity contribution >= 4 is 41.7 Å². The van der Waals surface area contributed by atoms with Crippen LogP contribution in [0.1, 0.15) is 25.3 Å². The molecule has 1 aromatic heterocycles. The van der Waals surface area contributed by atoms with Gasteiger partial charge in [-0.25, -0.2) is 4.98 Å². The molecule has 9 heteroatoms. The second kappa shape index (κ2) is 12.3.